The van der Waals surface area contributed by atoms with Gasteiger partial charge in [0.1, 0.15) is 17.1 Å². The van der Waals surface area contributed by atoms with Crippen LogP contribution >= 0.6 is 0 Å². The molecule has 3 rings (SSSR count). The second-order valence-corrected chi connectivity index (χ2v) is 4.86. The lowest BCUT2D eigenvalue weighted by Crippen LogP contribution is -2.35. The number of hydrogen-bond donors (Lipinski definition) is 1. The van der Waals surface area contributed by atoms with E-state index in [1.165, 1.54) is 12.3 Å². The van der Waals surface area contributed by atoms with Gasteiger partial charge in [0.25, 0.3) is 5.91 Å². The number of nitrogens with zero attached hydrogens (tertiary/aromatic N) is 1. The Morgan fingerprint density at radius 1 is 1.35 bits per heavy atom. The first-order chi connectivity index (χ1) is 9.56. The lowest BCUT2D eigenvalue weighted by atomic mass is 9.76. The van der Waals surface area contributed by atoms with Crippen LogP contribution in [-0.4, -0.2) is 28.5 Å². The number of dihydropyridines is 1. The van der Waals surface area contributed by atoms with E-state index in [9.17, 15) is 14.4 Å². The topological polar surface area (TPSA) is 96.9 Å². The molecule has 2 heterocycles. The lowest BCUT2D eigenvalue weighted by Gasteiger charge is -2.28. The molecule has 0 spiro atoms. The van der Waals surface area contributed by atoms with E-state index < -0.39 is 23.4 Å². The summed E-state index contributed by atoms with van der Waals surface area (Å²) in [7, 11) is 0. The van der Waals surface area contributed by atoms with Crippen LogP contribution in [0.1, 0.15) is 24.5 Å². The Bertz CT molecular complexity index is 653. The monoisotopic (exact) mass is 273 g/mol. The van der Waals surface area contributed by atoms with Crippen molar-refractivity contribution in [3.05, 3.63) is 35.8 Å². The number of carbonyl (C=O) groups excluding carboxylic acids is 2. The minimum absolute atomic E-state index is 0.136. The van der Waals surface area contributed by atoms with Crippen LogP contribution in [-0.2, 0) is 14.4 Å². The van der Waals surface area contributed by atoms with Gasteiger partial charge in [-0.3, -0.25) is 9.59 Å². The second-order valence-electron chi connectivity index (χ2n) is 4.86. The molecule has 0 radical (unpaired) electrons. The molecule has 1 aromatic rings. The summed E-state index contributed by atoms with van der Waals surface area (Å²) in [6, 6.07) is 3.52. The van der Waals surface area contributed by atoms with Crippen LogP contribution in [0.3, 0.4) is 0 Å². The van der Waals surface area contributed by atoms with Gasteiger partial charge in [0, 0.05) is 18.1 Å². The van der Waals surface area contributed by atoms with Crippen LogP contribution in [0, 0.1) is 5.92 Å². The summed E-state index contributed by atoms with van der Waals surface area (Å²) in [6.07, 6.45) is 3.43. The minimum atomic E-state index is -1.35. The first-order valence-corrected chi connectivity index (χ1v) is 6.19. The van der Waals surface area contributed by atoms with Crippen LogP contribution in [0.5, 0.6) is 0 Å². The fourth-order valence-corrected chi connectivity index (χ4v) is 2.63. The number of ketones is 1. The van der Waals surface area contributed by atoms with E-state index in [1.54, 1.807) is 12.1 Å². The van der Waals surface area contributed by atoms with Gasteiger partial charge in [-0.25, -0.2) is 9.79 Å². The minimum Gasteiger partial charge on any atom is -0.478 e. The molecule has 1 aliphatic heterocycles. The molecule has 2 unspecified atom stereocenters. The van der Waals surface area contributed by atoms with E-state index in [2.05, 4.69) is 4.99 Å². The molecule has 2 atom stereocenters. The first-order valence-electron chi connectivity index (χ1n) is 6.19. The number of aliphatic carboxylic acids is 1. The van der Waals surface area contributed by atoms with E-state index in [0.29, 0.717) is 17.9 Å². The summed E-state index contributed by atoms with van der Waals surface area (Å²) in [5, 5.41) is 8.90. The van der Waals surface area contributed by atoms with Crippen LogP contribution in [0.4, 0.5) is 0 Å². The summed E-state index contributed by atoms with van der Waals surface area (Å²) in [4.78, 5) is 38.5. The number of carboxylic acids is 1. The summed E-state index contributed by atoms with van der Waals surface area (Å²) in [5.74, 6) is -2.43. The Hall–Kier alpha value is -2.50. The Morgan fingerprint density at radius 2 is 2.15 bits per heavy atom. The number of rotatable bonds is 2. The highest BCUT2D eigenvalue weighted by atomic mass is 16.4. The molecular weight excluding hydrogens is 262 g/mol. The maximum absolute atomic E-state index is 12.1. The van der Waals surface area contributed by atoms with Gasteiger partial charge in [-0.1, -0.05) is 0 Å². The maximum atomic E-state index is 12.1. The van der Waals surface area contributed by atoms with E-state index in [-0.39, 0.29) is 18.1 Å². The molecule has 6 nitrogen and oxygen atoms in total. The largest absolute Gasteiger partial charge is 0.478 e. The van der Waals surface area contributed by atoms with Crippen molar-refractivity contribution in [2.24, 2.45) is 10.9 Å². The number of aliphatic imine (C=N–C) groups is 1. The Balaban J connectivity index is 1.91. The van der Waals surface area contributed by atoms with Crippen molar-refractivity contribution in [1.29, 1.82) is 0 Å². The first kappa shape index (κ1) is 12.5. The number of hydrogen-bond acceptors (Lipinski definition) is 4. The Kier molecular flexibility index (Phi) is 2.85. The zero-order valence-corrected chi connectivity index (χ0v) is 10.4. The summed E-state index contributed by atoms with van der Waals surface area (Å²) >= 11 is 0. The number of carboxylic acid groups (broad SMARTS) is 1. The zero-order valence-electron chi connectivity index (χ0n) is 10.4. The van der Waals surface area contributed by atoms with Gasteiger partial charge in [-0.15, -0.1) is 0 Å². The number of amides is 1. The van der Waals surface area contributed by atoms with Crippen molar-refractivity contribution in [2.75, 3.05) is 0 Å². The highest BCUT2D eigenvalue weighted by Gasteiger charge is 2.38. The summed E-state index contributed by atoms with van der Waals surface area (Å²) in [5.41, 5.74) is 0.00111. The molecule has 1 fully saturated rings. The van der Waals surface area contributed by atoms with E-state index in [4.69, 9.17) is 9.52 Å². The third-order valence-corrected chi connectivity index (χ3v) is 3.59. The molecule has 1 N–H and O–H groups in total. The van der Waals surface area contributed by atoms with Gasteiger partial charge < -0.3 is 9.52 Å². The van der Waals surface area contributed by atoms with Crippen LogP contribution in [0.15, 0.2) is 39.5 Å². The maximum Gasteiger partial charge on any atom is 0.341 e. The molecular formula is C14H11NO5. The average molecular weight is 273 g/mol. The van der Waals surface area contributed by atoms with Gasteiger partial charge >= 0.3 is 5.97 Å². The normalized spacial score (nSPS) is 25.8. The third kappa shape index (κ3) is 1.99. The number of furan rings is 1. The van der Waals surface area contributed by atoms with Gasteiger partial charge in [0.05, 0.1) is 12.2 Å². The Morgan fingerprint density at radius 3 is 2.80 bits per heavy atom. The number of carbonyl (C=O) groups is 3. The number of Topliss-reactive ketones (excluding diaryl/α,β-unsaturated/α-hetero) is 1. The van der Waals surface area contributed by atoms with Crippen molar-refractivity contribution < 1.29 is 23.9 Å². The fourth-order valence-electron chi connectivity index (χ4n) is 2.63. The van der Waals surface area contributed by atoms with E-state index in [0.717, 1.165) is 0 Å². The number of fused-ring (bicyclic) bond motifs is 1. The molecule has 1 aliphatic carbocycles. The second kappa shape index (κ2) is 4.56. The summed E-state index contributed by atoms with van der Waals surface area (Å²) in [6.45, 7) is 0. The lowest BCUT2D eigenvalue weighted by molar-refractivity contribution is -0.134. The molecule has 0 aromatic carbocycles. The van der Waals surface area contributed by atoms with Crippen molar-refractivity contribution in [3.63, 3.8) is 0 Å². The zero-order chi connectivity index (χ0) is 14.3. The molecule has 2 aliphatic rings. The molecule has 1 saturated carbocycles. The molecule has 0 saturated heterocycles. The average Bonchev–Trinajstić information content (AvgIpc) is 2.91. The SMILES string of the molecule is O=C(O)C1=CC2C(=O)CC(c3ccco3)CC2=NC1=O. The van der Waals surface area contributed by atoms with E-state index in [1.807, 2.05) is 0 Å². The predicted octanol–water partition coefficient (Wildman–Crippen LogP) is 1.33. The van der Waals surface area contributed by atoms with Gasteiger partial charge in [0.2, 0.25) is 0 Å². The third-order valence-electron chi connectivity index (χ3n) is 3.59. The molecule has 20 heavy (non-hydrogen) atoms. The molecule has 102 valence electrons. The standard InChI is InChI=1S/C14H11NO5/c16-11-5-7(12-2-1-3-20-12)4-10-8(11)6-9(14(18)19)13(17)15-10/h1-3,6-8H,4-5H2,(H,18,19). The van der Waals surface area contributed by atoms with Crippen molar-refractivity contribution in [3.8, 4) is 0 Å². The van der Waals surface area contributed by atoms with Crippen molar-refractivity contribution in [1.82, 2.24) is 0 Å². The van der Waals surface area contributed by atoms with Gasteiger partial charge in [-0.2, -0.15) is 0 Å². The van der Waals surface area contributed by atoms with Crippen molar-refractivity contribution in [2.45, 2.75) is 18.8 Å². The molecule has 6 heteroatoms. The summed E-state index contributed by atoms with van der Waals surface area (Å²) < 4.78 is 5.29. The number of allylic oxidation sites excluding steroid dienone is 1. The quantitative estimate of drug-likeness (QED) is 0.820. The fraction of sp³-hybridized carbons (Fsp3) is 0.286. The van der Waals surface area contributed by atoms with Gasteiger partial charge in [0.15, 0.2) is 0 Å². The van der Waals surface area contributed by atoms with Crippen LogP contribution < -0.4 is 0 Å². The molecule has 1 amide bonds. The van der Waals surface area contributed by atoms with E-state index >= 15 is 0 Å². The molecule has 0 bridgehead atoms. The smallest absolute Gasteiger partial charge is 0.341 e. The highest BCUT2D eigenvalue weighted by Crippen LogP contribution is 2.35. The predicted molar refractivity (Wildman–Crippen MR) is 67.3 cm³/mol. The van der Waals surface area contributed by atoms with Crippen LogP contribution in [0.25, 0.3) is 0 Å². The molecule has 1 aromatic heterocycles. The Labute approximate surface area is 113 Å². The van der Waals surface area contributed by atoms with Crippen LogP contribution in [0.2, 0.25) is 0 Å². The highest BCUT2D eigenvalue weighted by molar-refractivity contribution is 6.25. The van der Waals surface area contributed by atoms with Crippen molar-refractivity contribution >= 4 is 23.4 Å². The van der Waals surface area contributed by atoms with Gasteiger partial charge in [-0.05, 0) is 24.6 Å².